The maximum atomic E-state index is 12.3. The Labute approximate surface area is 100 Å². The van der Waals surface area contributed by atoms with E-state index >= 15 is 0 Å². The van der Waals surface area contributed by atoms with Gasteiger partial charge >= 0.3 is 6.18 Å². The van der Waals surface area contributed by atoms with E-state index in [1.165, 1.54) is 10.7 Å². The van der Waals surface area contributed by atoms with Crippen molar-refractivity contribution in [1.82, 2.24) is 14.8 Å². The Balaban J connectivity index is 2.28. The van der Waals surface area contributed by atoms with E-state index in [0.717, 1.165) is 12.1 Å². The Morgan fingerprint density at radius 2 is 1.94 bits per heavy atom. The van der Waals surface area contributed by atoms with E-state index in [0.29, 0.717) is 6.20 Å². The first-order valence-corrected chi connectivity index (χ1v) is 4.95. The summed E-state index contributed by atoms with van der Waals surface area (Å²) < 4.78 is 38.3. The maximum Gasteiger partial charge on any atom is 0.417 e. The molecular weight excluding hydrogens is 247 g/mol. The number of ketones is 1. The van der Waals surface area contributed by atoms with Gasteiger partial charge in [-0.2, -0.15) is 18.3 Å². The largest absolute Gasteiger partial charge is 0.417 e. The van der Waals surface area contributed by atoms with Crippen LogP contribution in [0.4, 0.5) is 13.2 Å². The number of aryl methyl sites for hydroxylation is 1. The first-order chi connectivity index (χ1) is 8.38. The van der Waals surface area contributed by atoms with Crippen LogP contribution < -0.4 is 0 Å². The van der Waals surface area contributed by atoms with Crippen molar-refractivity contribution < 1.29 is 18.0 Å². The van der Waals surface area contributed by atoms with Gasteiger partial charge in [-0.25, -0.2) is 0 Å². The number of nitrogens with zero attached hydrogens (tertiary/aromatic N) is 3. The molecule has 0 aromatic carbocycles. The monoisotopic (exact) mass is 255 g/mol. The molecule has 0 spiro atoms. The SMILES string of the molecule is Cn1ccc(C(=O)c2ccc(C(F)(F)F)cn2)n1. The number of aromatic nitrogens is 3. The molecule has 0 aliphatic rings. The second kappa shape index (κ2) is 4.25. The summed E-state index contributed by atoms with van der Waals surface area (Å²) in [5.41, 5.74) is -0.813. The molecule has 0 radical (unpaired) electrons. The van der Waals surface area contributed by atoms with E-state index in [4.69, 9.17) is 0 Å². The molecule has 94 valence electrons. The van der Waals surface area contributed by atoms with E-state index in [1.807, 2.05) is 0 Å². The van der Waals surface area contributed by atoms with Crippen LogP contribution in [0.3, 0.4) is 0 Å². The summed E-state index contributed by atoms with van der Waals surface area (Å²) in [6.45, 7) is 0. The Bertz CT molecular complexity index is 572. The fraction of sp³-hybridized carbons (Fsp3) is 0.182. The molecule has 0 N–H and O–H groups in total. The third kappa shape index (κ3) is 2.39. The summed E-state index contributed by atoms with van der Waals surface area (Å²) >= 11 is 0. The summed E-state index contributed by atoms with van der Waals surface area (Å²) in [5, 5.41) is 3.86. The molecule has 0 unspecified atom stereocenters. The van der Waals surface area contributed by atoms with Crippen LogP contribution in [0.1, 0.15) is 21.7 Å². The fourth-order valence-electron chi connectivity index (χ4n) is 1.36. The second-order valence-corrected chi connectivity index (χ2v) is 3.63. The number of hydrogen-bond donors (Lipinski definition) is 0. The average Bonchev–Trinajstić information content (AvgIpc) is 2.74. The zero-order valence-corrected chi connectivity index (χ0v) is 9.27. The Kier molecular flexibility index (Phi) is 2.90. The molecular formula is C11H8F3N3O. The molecule has 2 aromatic heterocycles. The maximum absolute atomic E-state index is 12.3. The van der Waals surface area contributed by atoms with Crippen molar-refractivity contribution in [3.8, 4) is 0 Å². The summed E-state index contributed by atoms with van der Waals surface area (Å²) in [6, 6.07) is 3.34. The van der Waals surface area contributed by atoms with Crippen molar-refractivity contribution in [3.63, 3.8) is 0 Å². The Morgan fingerprint density at radius 1 is 1.22 bits per heavy atom. The van der Waals surface area contributed by atoms with Crippen LogP contribution >= 0.6 is 0 Å². The van der Waals surface area contributed by atoms with Crippen LogP contribution in [-0.2, 0) is 13.2 Å². The molecule has 2 aromatic rings. The van der Waals surface area contributed by atoms with Crippen LogP contribution in [0.25, 0.3) is 0 Å². The first-order valence-electron chi connectivity index (χ1n) is 4.95. The highest BCUT2D eigenvalue weighted by molar-refractivity contribution is 6.06. The Hall–Kier alpha value is -2.18. The molecule has 2 heterocycles. The topological polar surface area (TPSA) is 47.8 Å². The number of rotatable bonds is 2. The quantitative estimate of drug-likeness (QED) is 0.772. The highest BCUT2D eigenvalue weighted by Gasteiger charge is 2.31. The third-order valence-corrected chi connectivity index (χ3v) is 2.27. The van der Waals surface area contributed by atoms with Gasteiger partial charge in [0.25, 0.3) is 0 Å². The van der Waals surface area contributed by atoms with E-state index in [2.05, 4.69) is 10.1 Å². The van der Waals surface area contributed by atoms with Crippen LogP contribution in [0.5, 0.6) is 0 Å². The van der Waals surface area contributed by atoms with Crippen molar-refractivity contribution in [2.45, 2.75) is 6.18 Å². The minimum atomic E-state index is -4.46. The zero-order chi connectivity index (χ0) is 13.3. The minimum Gasteiger partial charge on any atom is -0.285 e. The predicted molar refractivity (Wildman–Crippen MR) is 55.9 cm³/mol. The van der Waals surface area contributed by atoms with Crippen LogP contribution in [0.2, 0.25) is 0 Å². The minimum absolute atomic E-state index is 0.0679. The van der Waals surface area contributed by atoms with Gasteiger partial charge in [-0.05, 0) is 18.2 Å². The smallest absolute Gasteiger partial charge is 0.285 e. The lowest BCUT2D eigenvalue weighted by Crippen LogP contribution is -2.09. The van der Waals surface area contributed by atoms with Gasteiger partial charge in [-0.15, -0.1) is 0 Å². The molecule has 0 amide bonds. The van der Waals surface area contributed by atoms with Gasteiger partial charge in [0.2, 0.25) is 5.78 Å². The summed E-state index contributed by atoms with van der Waals surface area (Å²) in [5.74, 6) is -0.510. The molecule has 0 atom stereocenters. The Morgan fingerprint density at radius 3 is 2.39 bits per heavy atom. The van der Waals surface area contributed by atoms with Gasteiger partial charge in [0.05, 0.1) is 5.56 Å². The number of pyridine rings is 1. The standard InChI is InChI=1S/C11H8F3N3O/c1-17-5-4-9(16-17)10(18)8-3-2-7(6-15-8)11(12,13)14/h2-6H,1H3. The lowest BCUT2D eigenvalue weighted by molar-refractivity contribution is -0.137. The van der Waals surface area contributed by atoms with Gasteiger partial charge in [-0.1, -0.05) is 0 Å². The molecule has 0 saturated heterocycles. The molecule has 18 heavy (non-hydrogen) atoms. The lowest BCUT2D eigenvalue weighted by Gasteiger charge is -2.05. The molecule has 2 rings (SSSR count). The van der Waals surface area contributed by atoms with Crippen molar-refractivity contribution in [2.24, 2.45) is 7.05 Å². The van der Waals surface area contributed by atoms with Crippen molar-refractivity contribution in [2.75, 3.05) is 0 Å². The van der Waals surface area contributed by atoms with E-state index < -0.39 is 17.5 Å². The molecule has 0 aliphatic heterocycles. The molecule has 7 heteroatoms. The lowest BCUT2D eigenvalue weighted by atomic mass is 10.1. The van der Waals surface area contributed by atoms with Crippen molar-refractivity contribution in [1.29, 1.82) is 0 Å². The van der Waals surface area contributed by atoms with Gasteiger partial charge in [0.1, 0.15) is 11.4 Å². The number of halogens is 3. The predicted octanol–water partition coefficient (Wildman–Crippen LogP) is 2.06. The average molecular weight is 255 g/mol. The molecule has 0 fully saturated rings. The third-order valence-electron chi connectivity index (χ3n) is 2.27. The summed E-state index contributed by atoms with van der Waals surface area (Å²) in [7, 11) is 1.64. The van der Waals surface area contributed by atoms with E-state index in [-0.39, 0.29) is 11.4 Å². The van der Waals surface area contributed by atoms with E-state index in [1.54, 1.807) is 13.2 Å². The summed E-state index contributed by atoms with van der Waals surface area (Å²) in [6.07, 6.45) is -2.26. The molecule has 0 aliphatic carbocycles. The number of carbonyl (C=O) groups excluding carboxylic acids is 1. The van der Waals surface area contributed by atoms with E-state index in [9.17, 15) is 18.0 Å². The molecule has 0 saturated carbocycles. The number of carbonyl (C=O) groups is 1. The number of hydrogen-bond acceptors (Lipinski definition) is 3. The first kappa shape index (κ1) is 12.3. The summed E-state index contributed by atoms with van der Waals surface area (Å²) in [4.78, 5) is 15.3. The highest BCUT2D eigenvalue weighted by Crippen LogP contribution is 2.28. The van der Waals surface area contributed by atoms with Gasteiger partial charge in [-0.3, -0.25) is 14.5 Å². The number of alkyl halides is 3. The molecule has 0 bridgehead atoms. The van der Waals surface area contributed by atoms with Crippen LogP contribution in [0, 0.1) is 0 Å². The van der Waals surface area contributed by atoms with Crippen molar-refractivity contribution >= 4 is 5.78 Å². The van der Waals surface area contributed by atoms with Gasteiger partial charge < -0.3 is 0 Å². The fourth-order valence-corrected chi connectivity index (χ4v) is 1.36. The second-order valence-electron chi connectivity index (χ2n) is 3.63. The highest BCUT2D eigenvalue weighted by atomic mass is 19.4. The van der Waals surface area contributed by atoms with Crippen LogP contribution in [-0.4, -0.2) is 20.5 Å². The van der Waals surface area contributed by atoms with Crippen LogP contribution in [0.15, 0.2) is 30.6 Å². The molecule has 4 nitrogen and oxygen atoms in total. The van der Waals surface area contributed by atoms with Crippen molar-refractivity contribution in [3.05, 3.63) is 47.5 Å². The van der Waals surface area contributed by atoms with Gasteiger partial charge in [0, 0.05) is 19.4 Å². The normalized spacial score (nSPS) is 11.6. The van der Waals surface area contributed by atoms with Gasteiger partial charge in [0.15, 0.2) is 0 Å². The zero-order valence-electron chi connectivity index (χ0n) is 9.27.